The molecule has 0 N–H and O–H groups in total. The van der Waals surface area contributed by atoms with E-state index in [-0.39, 0.29) is 11.9 Å². The number of ketones is 1. The summed E-state index contributed by atoms with van der Waals surface area (Å²) < 4.78 is 12.0. The lowest BCUT2D eigenvalue weighted by molar-refractivity contribution is 0.0956. The van der Waals surface area contributed by atoms with Crippen molar-refractivity contribution in [2.24, 2.45) is 0 Å². The third-order valence-corrected chi connectivity index (χ3v) is 3.86. The highest BCUT2D eigenvalue weighted by molar-refractivity contribution is 6.12. The Morgan fingerprint density at radius 3 is 2.48 bits per heavy atom. The molecule has 1 aliphatic rings. The first kappa shape index (κ1) is 17.1. The van der Waals surface area contributed by atoms with Crippen LogP contribution in [0.15, 0.2) is 60.3 Å². The second-order valence-corrected chi connectivity index (χ2v) is 6.61. The zero-order chi connectivity index (χ0) is 18.0. The molecular formula is C21H23NO3. The van der Waals surface area contributed by atoms with Crippen molar-refractivity contribution in [3.63, 3.8) is 0 Å². The number of hydrogen-bond donors (Lipinski definition) is 0. The minimum atomic E-state index is -0.433. The Labute approximate surface area is 148 Å². The predicted octanol–water partition coefficient (Wildman–Crippen LogP) is 4.24. The summed E-state index contributed by atoms with van der Waals surface area (Å²) in [7, 11) is 3.80. The lowest BCUT2D eigenvalue weighted by Crippen LogP contribution is -2.25. The van der Waals surface area contributed by atoms with E-state index in [0.29, 0.717) is 22.6 Å². The minimum Gasteiger partial charge on any atom is -0.491 e. The lowest BCUT2D eigenvalue weighted by atomic mass is 9.91. The SMILES string of the molecule is CC(C)Oc1ccc2c(c1)OC(c1ccccc1)C(=CN(C)C)C2=O. The smallest absolute Gasteiger partial charge is 0.198 e. The normalized spacial score (nSPS) is 18.0. The van der Waals surface area contributed by atoms with Crippen LogP contribution in [0.1, 0.15) is 35.9 Å². The molecule has 0 aromatic heterocycles. The first-order valence-electron chi connectivity index (χ1n) is 8.41. The van der Waals surface area contributed by atoms with E-state index in [0.717, 1.165) is 5.56 Å². The molecule has 25 heavy (non-hydrogen) atoms. The number of rotatable bonds is 4. The van der Waals surface area contributed by atoms with E-state index in [2.05, 4.69) is 0 Å². The van der Waals surface area contributed by atoms with Gasteiger partial charge in [0, 0.05) is 26.4 Å². The topological polar surface area (TPSA) is 38.8 Å². The van der Waals surface area contributed by atoms with Crippen molar-refractivity contribution in [1.29, 1.82) is 0 Å². The van der Waals surface area contributed by atoms with E-state index in [1.54, 1.807) is 12.1 Å². The van der Waals surface area contributed by atoms with Gasteiger partial charge in [0.25, 0.3) is 0 Å². The predicted molar refractivity (Wildman–Crippen MR) is 98.1 cm³/mol. The van der Waals surface area contributed by atoms with Crippen LogP contribution in [0.2, 0.25) is 0 Å². The monoisotopic (exact) mass is 337 g/mol. The highest BCUT2D eigenvalue weighted by Crippen LogP contribution is 2.40. The summed E-state index contributed by atoms with van der Waals surface area (Å²) in [6.07, 6.45) is 1.46. The van der Waals surface area contributed by atoms with Gasteiger partial charge in [0.15, 0.2) is 11.9 Å². The van der Waals surface area contributed by atoms with Crippen molar-refractivity contribution in [3.05, 3.63) is 71.4 Å². The number of carbonyl (C=O) groups is 1. The highest BCUT2D eigenvalue weighted by Gasteiger charge is 2.33. The molecule has 2 aromatic carbocycles. The van der Waals surface area contributed by atoms with Gasteiger partial charge in [0.1, 0.15) is 11.5 Å². The van der Waals surface area contributed by atoms with Crippen LogP contribution >= 0.6 is 0 Å². The van der Waals surface area contributed by atoms with E-state index >= 15 is 0 Å². The number of carbonyl (C=O) groups excluding carboxylic acids is 1. The highest BCUT2D eigenvalue weighted by atomic mass is 16.5. The van der Waals surface area contributed by atoms with Gasteiger partial charge in [0.2, 0.25) is 0 Å². The molecule has 130 valence electrons. The van der Waals surface area contributed by atoms with Crippen LogP contribution in [0, 0.1) is 0 Å². The Hall–Kier alpha value is -2.75. The molecule has 0 saturated carbocycles. The van der Waals surface area contributed by atoms with Gasteiger partial charge < -0.3 is 14.4 Å². The molecule has 4 nitrogen and oxygen atoms in total. The summed E-state index contributed by atoms with van der Waals surface area (Å²) in [5.74, 6) is 1.25. The maximum absolute atomic E-state index is 13.1. The fraction of sp³-hybridized carbons (Fsp3) is 0.286. The number of hydrogen-bond acceptors (Lipinski definition) is 4. The van der Waals surface area contributed by atoms with Gasteiger partial charge in [-0.1, -0.05) is 30.3 Å². The second-order valence-electron chi connectivity index (χ2n) is 6.61. The summed E-state index contributed by atoms with van der Waals surface area (Å²) in [6.45, 7) is 3.94. The molecule has 1 heterocycles. The van der Waals surface area contributed by atoms with Crippen LogP contribution in [0.5, 0.6) is 11.5 Å². The van der Waals surface area contributed by atoms with E-state index in [9.17, 15) is 4.79 Å². The van der Waals surface area contributed by atoms with Crippen molar-refractivity contribution in [2.45, 2.75) is 26.1 Å². The molecule has 3 rings (SSSR count). The van der Waals surface area contributed by atoms with E-state index < -0.39 is 6.10 Å². The molecule has 0 aliphatic carbocycles. The third kappa shape index (κ3) is 3.68. The summed E-state index contributed by atoms with van der Waals surface area (Å²) in [5.41, 5.74) is 2.14. The zero-order valence-electron chi connectivity index (χ0n) is 15.0. The minimum absolute atomic E-state index is 0.0140. The van der Waals surface area contributed by atoms with Gasteiger partial charge in [-0.3, -0.25) is 4.79 Å². The Balaban J connectivity index is 2.06. The van der Waals surface area contributed by atoms with E-state index in [4.69, 9.17) is 9.47 Å². The van der Waals surface area contributed by atoms with Crippen LogP contribution in [0.3, 0.4) is 0 Å². The number of benzene rings is 2. The van der Waals surface area contributed by atoms with Crippen molar-refractivity contribution in [1.82, 2.24) is 4.90 Å². The molecule has 1 atom stereocenters. The molecule has 0 spiro atoms. The summed E-state index contributed by atoms with van der Waals surface area (Å²) in [4.78, 5) is 14.9. The van der Waals surface area contributed by atoms with Crippen molar-refractivity contribution in [3.8, 4) is 11.5 Å². The molecule has 0 bridgehead atoms. The van der Waals surface area contributed by atoms with Gasteiger partial charge in [-0.2, -0.15) is 0 Å². The fourth-order valence-corrected chi connectivity index (χ4v) is 2.88. The third-order valence-electron chi connectivity index (χ3n) is 3.86. The molecule has 1 aliphatic heterocycles. The standard InChI is InChI=1S/C21H23NO3/c1-14(2)24-16-10-11-17-19(12-16)25-21(15-8-6-5-7-9-15)18(20(17)23)13-22(3)4/h5-14,21H,1-4H3. The quantitative estimate of drug-likeness (QED) is 0.783. The van der Waals surface area contributed by atoms with Crippen LogP contribution in [-0.4, -0.2) is 30.9 Å². The summed E-state index contributed by atoms with van der Waals surface area (Å²) >= 11 is 0. The van der Waals surface area contributed by atoms with Crippen molar-refractivity contribution < 1.29 is 14.3 Å². The Morgan fingerprint density at radius 2 is 1.84 bits per heavy atom. The average molecular weight is 337 g/mol. The second kappa shape index (κ2) is 7.01. The van der Waals surface area contributed by atoms with Crippen LogP contribution in [0.25, 0.3) is 0 Å². The first-order valence-corrected chi connectivity index (χ1v) is 8.41. The largest absolute Gasteiger partial charge is 0.491 e. The summed E-state index contributed by atoms with van der Waals surface area (Å²) in [6, 6.07) is 15.2. The van der Waals surface area contributed by atoms with Gasteiger partial charge in [0.05, 0.1) is 17.2 Å². The van der Waals surface area contributed by atoms with Gasteiger partial charge in [-0.15, -0.1) is 0 Å². The van der Waals surface area contributed by atoms with Crippen LogP contribution < -0.4 is 9.47 Å². The Morgan fingerprint density at radius 1 is 1.12 bits per heavy atom. The molecule has 1 unspecified atom stereocenters. The maximum atomic E-state index is 13.1. The Bertz CT molecular complexity index is 794. The fourth-order valence-electron chi connectivity index (χ4n) is 2.88. The van der Waals surface area contributed by atoms with Gasteiger partial charge >= 0.3 is 0 Å². The van der Waals surface area contributed by atoms with E-state index in [1.165, 1.54) is 0 Å². The molecular weight excluding hydrogens is 314 g/mol. The van der Waals surface area contributed by atoms with Crippen molar-refractivity contribution >= 4 is 5.78 Å². The number of nitrogens with zero attached hydrogens (tertiary/aromatic N) is 1. The molecule has 2 aromatic rings. The molecule has 0 fully saturated rings. The van der Waals surface area contributed by atoms with Crippen molar-refractivity contribution in [2.75, 3.05) is 14.1 Å². The van der Waals surface area contributed by atoms with Crippen LogP contribution in [0.4, 0.5) is 0 Å². The molecule has 0 saturated heterocycles. The lowest BCUT2D eigenvalue weighted by Gasteiger charge is -2.29. The zero-order valence-corrected chi connectivity index (χ0v) is 15.0. The van der Waals surface area contributed by atoms with Gasteiger partial charge in [-0.05, 0) is 31.5 Å². The van der Waals surface area contributed by atoms with E-state index in [1.807, 2.05) is 75.4 Å². The average Bonchev–Trinajstić information content (AvgIpc) is 2.57. The van der Waals surface area contributed by atoms with Gasteiger partial charge in [-0.25, -0.2) is 0 Å². The Kier molecular flexibility index (Phi) is 4.79. The summed E-state index contributed by atoms with van der Waals surface area (Å²) in [5, 5.41) is 0. The maximum Gasteiger partial charge on any atom is 0.198 e. The van der Waals surface area contributed by atoms with Crippen LogP contribution in [-0.2, 0) is 0 Å². The first-order chi connectivity index (χ1) is 12.0. The molecule has 4 heteroatoms. The number of fused-ring (bicyclic) bond motifs is 1. The number of Topliss-reactive ketones (excluding diaryl/α,β-unsaturated/α-hetero) is 1. The molecule has 0 radical (unpaired) electrons. The molecule has 0 amide bonds. The number of ether oxygens (including phenoxy) is 2.